The molecule has 0 spiro atoms. The van der Waals surface area contributed by atoms with Crippen LogP contribution in [0.25, 0.3) is 16.6 Å². The average Bonchev–Trinajstić information content (AvgIpc) is 3.37. The fourth-order valence-electron chi connectivity index (χ4n) is 3.30. The van der Waals surface area contributed by atoms with Gasteiger partial charge in [-0.2, -0.15) is 33.4 Å². The summed E-state index contributed by atoms with van der Waals surface area (Å²) in [5.74, 6) is -0.500. The zero-order valence-corrected chi connectivity index (χ0v) is 19.7. The third kappa shape index (κ3) is 7.62. The van der Waals surface area contributed by atoms with Crippen LogP contribution in [-0.2, 0) is 25.4 Å². The molecule has 4 rings (SSSR count). The molecule has 7 nitrogen and oxygen atoms in total. The number of aromatic nitrogens is 4. The first kappa shape index (κ1) is 28.3. The van der Waals surface area contributed by atoms with Crippen molar-refractivity contribution in [1.82, 2.24) is 19.5 Å². The SMILES string of the molecule is C[N-]Cc1cc(C(F)(F)F)cc(C(F)(F)F)c1.O=C(O)c1cnc(Cn2ccnc2)nc1-c1ccccc1. The topological polar surface area (TPSA) is 95.0 Å². The first-order chi connectivity index (χ1) is 17.9. The van der Waals surface area contributed by atoms with Crippen LogP contribution < -0.4 is 0 Å². The molecule has 0 saturated heterocycles. The van der Waals surface area contributed by atoms with Crippen LogP contribution in [-0.4, -0.2) is 37.6 Å². The van der Waals surface area contributed by atoms with Crippen molar-refractivity contribution >= 4 is 5.97 Å². The Morgan fingerprint density at radius 1 is 1.00 bits per heavy atom. The van der Waals surface area contributed by atoms with Crippen LogP contribution in [0, 0.1) is 0 Å². The van der Waals surface area contributed by atoms with Gasteiger partial charge in [0.2, 0.25) is 0 Å². The number of hydrogen-bond donors (Lipinski definition) is 1. The van der Waals surface area contributed by atoms with Gasteiger partial charge in [0, 0.05) is 24.2 Å². The number of imidazole rings is 1. The molecular formula is C25H20F6N5O2-. The van der Waals surface area contributed by atoms with Gasteiger partial charge in [0.25, 0.3) is 0 Å². The number of rotatable bonds is 6. The standard InChI is InChI=1S/C15H12N4O2.C10H8F6N/c20-15(21)12-8-17-13(9-19-7-6-16-10-19)18-14(12)11-4-2-1-3-5-11;1-17-5-6-2-7(9(11,12)13)4-8(3-6)10(14,15)16/h1-8,10H,9H2,(H,20,21);2-4H,5H2,1H3/q;-1. The molecule has 200 valence electrons. The molecule has 0 aliphatic carbocycles. The van der Waals surface area contributed by atoms with Crippen molar-refractivity contribution in [2.75, 3.05) is 7.05 Å². The number of halogens is 6. The van der Waals surface area contributed by atoms with Crippen LogP contribution in [0.4, 0.5) is 26.3 Å². The van der Waals surface area contributed by atoms with Crippen LogP contribution in [0.1, 0.15) is 32.9 Å². The molecule has 0 fully saturated rings. The van der Waals surface area contributed by atoms with E-state index in [1.54, 1.807) is 18.7 Å². The van der Waals surface area contributed by atoms with E-state index in [4.69, 9.17) is 0 Å². The highest BCUT2D eigenvalue weighted by molar-refractivity contribution is 5.94. The largest absolute Gasteiger partial charge is 0.661 e. The lowest BCUT2D eigenvalue weighted by atomic mass is 10.0. The number of aromatic carboxylic acids is 1. The first-order valence-electron chi connectivity index (χ1n) is 10.8. The van der Waals surface area contributed by atoms with E-state index in [2.05, 4.69) is 20.3 Å². The lowest BCUT2D eigenvalue weighted by molar-refractivity contribution is -0.143. The van der Waals surface area contributed by atoms with Gasteiger partial charge >= 0.3 is 18.3 Å². The number of carboxylic acids is 1. The van der Waals surface area contributed by atoms with E-state index in [1.807, 2.05) is 34.9 Å². The van der Waals surface area contributed by atoms with Crippen LogP contribution in [0.5, 0.6) is 0 Å². The Labute approximate surface area is 212 Å². The Kier molecular flexibility index (Phi) is 8.84. The second-order valence-electron chi connectivity index (χ2n) is 7.84. The number of carbonyl (C=O) groups is 1. The molecule has 2 heterocycles. The Morgan fingerprint density at radius 2 is 1.63 bits per heavy atom. The van der Waals surface area contributed by atoms with Crippen LogP contribution in [0.3, 0.4) is 0 Å². The minimum atomic E-state index is -4.80. The van der Waals surface area contributed by atoms with Crippen molar-refractivity contribution in [3.63, 3.8) is 0 Å². The summed E-state index contributed by atoms with van der Waals surface area (Å²) in [6, 6.07) is 10.7. The van der Waals surface area contributed by atoms with Gasteiger partial charge in [-0.3, -0.25) is 0 Å². The fraction of sp³-hybridized carbons (Fsp3) is 0.200. The summed E-state index contributed by atoms with van der Waals surface area (Å²) in [6.45, 7) is 0.257. The molecule has 0 saturated carbocycles. The fourth-order valence-corrected chi connectivity index (χ4v) is 3.30. The smallest absolute Gasteiger partial charge is 0.416 e. The Bertz CT molecular complexity index is 1320. The molecule has 0 radical (unpaired) electrons. The summed E-state index contributed by atoms with van der Waals surface area (Å²) in [5, 5.41) is 12.8. The van der Waals surface area contributed by atoms with Gasteiger partial charge in [-0.05, 0) is 18.2 Å². The van der Waals surface area contributed by atoms with Crippen molar-refractivity contribution < 1.29 is 36.2 Å². The van der Waals surface area contributed by atoms with E-state index in [1.165, 1.54) is 13.2 Å². The number of benzene rings is 2. The predicted octanol–water partition coefficient (Wildman–Crippen LogP) is 6.31. The summed E-state index contributed by atoms with van der Waals surface area (Å²) < 4.78 is 76.1. The number of alkyl halides is 6. The highest BCUT2D eigenvalue weighted by Gasteiger charge is 2.36. The van der Waals surface area contributed by atoms with Crippen LogP contribution in [0.15, 0.2) is 73.4 Å². The minimum absolute atomic E-state index is 0.0931. The summed E-state index contributed by atoms with van der Waals surface area (Å²) in [6.07, 6.45) is -3.12. The molecule has 13 heteroatoms. The zero-order valence-electron chi connectivity index (χ0n) is 19.7. The van der Waals surface area contributed by atoms with E-state index in [0.29, 0.717) is 30.2 Å². The van der Waals surface area contributed by atoms with Crippen molar-refractivity contribution in [2.24, 2.45) is 0 Å². The van der Waals surface area contributed by atoms with E-state index in [-0.39, 0.29) is 23.7 Å². The van der Waals surface area contributed by atoms with Crippen molar-refractivity contribution in [3.05, 3.63) is 107 Å². The molecule has 4 aromatic rings. The molecule has 1 N–H and O–H groups in total. The minimum Gasteiger partial charge on any atom is -0.661 e. The molecule has 0 amide bonds. The van der Waals surface area contributed by atoms with E-state index in [0.717, 1.165) is 5.56 Å². The second kappa shape index (κ2) is 11.9. The van der Waals surface area contributed by atoms with Gasteiger partial charge in [0.1, 0.15) is 11.4 Å². The molecule has 2 aromatic carbocycles. The van der Waals surface area contributed by atoms with Gasteiger partial charge in [0.15, 0.2) is 0 Å². The highest BCUT2D eigenvalue weighted by atomic mass is 19.4. The second-order valence-corrected chi connectivity index (χ2v) is 7.84. The lowest BCUT2D eigenvalue weighted by Crippen LogP contribution is -2.11. The average molecular weight is 536 g/mol. The van der Waals surface area contributed by atoms with Crippen LogP contribution >= 0.6 is 0 Å². The maximum atomic E-state index is 12.4. The number of nitrogens with zero attached hydrogens (tertiary/aromatic N) is 5. The van der Waals surface area contributed by atoms with Gasteiger partial charge in [-0.1, -0.05) is 35.9 Å². The Morgan fingerprint density at radius 3 is 2.13 bits per heavy atom. The monoisotopic (exact) mass is 536 g/mol. The third-order valence-electron chi connectivity index (χ3n) is 4.99. The molecule has 0 unspecified atom stereocenters. The van der Waals surface area contributed by atoms with Crippen molar-refractivity contribution in [3.8, 4) is 11.3 Å². The number of carboxylic acid groups (broad SMARTS) is 1. The molecule has 0 aliphatic rings. The van der Waals surface area contributed by atoms with E-state index in [9.17, 15) is 36.2 Å². The summed E-state index contributed by atoms with van der Waals surface area (Å²) in [4.78, 5) is 23.8. The van der Waals surface area contributed by atoms with Gasteiger partial charge in [-0.15, -0.1) is 6.54 Å². The molecule has 38 heavy (non-hydrogen) atoms. The predicted molar refractivity (Wildman–Crippen MR) is 125 cm³/mol. The van der Waals surface area contributed by atoms with E-state index >= 15 is 0 Å². The maximum Gasteiger partial charge on any atom is 0.416 e. The molecular weight excluding hydrogens is 516 g/mol. The van der Waals surface area contributed by atoms with Gasteiger partial charge in [-0.25, -0.2) is 19.7 Å². The Balaban J connectivity index is 0.000000216. The quantitative estimate of drug-likeness (QED) is 0.291. The third-order valence-corrected chi connectivity index (χ3v) is 4.99. The normalized spacial score (nSPS) is 11.6. The van der Waals surface area contributed by atoms with Crippen molar-refractivity contribution in [1.29, 1.82) is 0 Å². The maximum absolute atomic E-state index is 12.4. The van der Waals surface area contributed by atoms with Crippen molar-refractivity contribution in [2.45, 2.75) is 25.4 Å². The van der Waals surface area contributed by atoms with E-state index < -0.39 is 29.4 Å². The lowest BCUT2D eigenvalue weighted by Gasteiger charge is -2.17. The highest BCUT2D eigenvalue weighted by Crippen LogP contribution is 2.36. The Hall–Kier alpha value is -4.26. The first-order valence-corrected chi connectivity index (χ1v) is 10.8. The molecule has 2 aromatic heterocycles. The zero-order chi connectivity index (χ0) is 27.9. The van der Waals surface area contributed by atoms with Crippen LogP contribution in [0.2, 0.25) is 0 Å². The molecule has 0 atom stereocenters. The molecule has 0 bridgehead atoms. The molecule has 0 aliphatic heterocycles. The van der Waals surface area contributed by atoms with Gasteiger partial charge in [0.05, 0.1) is 29.7 Å². The number of hydrogen-bond acceptors (Lipinski definition) is 4. The summed E-state index contributed by atoms with van der Waals surface area (Å²) >= 11 is 0. The summed E-state index contributed by atoms with van der Waals surface area (Å²) in [7, 11) is 1.31. The van der Waals surface area contributed by atoms with Gasteiger partial charge < -0.3 is 15.0 Å². The summed E-state index contributed by atoms with van der Waals surface area (Å²) in [5.41, 5.74) is -1.47.